The number of carbonyl (C=O) groups excluding carboxylic acids is 1. The fourth-order valence-electron chi connectivity index (χ4n) is 2.94. The van der Waals surface area contributed by atoms with Gasteiger partial charge in [-0.2, -0.15) is 0 Å². The van der Waals surface area contributed by atoms with E-state index in [-0.39, 0.29) is 11.6 Å². The summed E-state index contributed by atoms with van der Waals surface area (Å²) >= 11 is 12.6. The van der Waals surface area contributed by atoms with Gasteiger partial charge in [-0.1, -0.05) is 47.7 Å². The molecule has 0 radical (unpaired) electrons. The maximum atomic E-state index is 13.0. The molecule has 0 N–H and O–H groups in total. The fraction of sp³-hybridized carbons (Fsp3) is 0. The molecule has 29 heavy (non-hydrogen) atoms. The van der Waals surface area contributed by atoms with Gasteiger partial charge in [0, 0.05) is 29.0 Å². The van der Waals surface area contributed by atoms with Crippen molar-refractivity contribution in [2.45, 2.75) is 0 Å². The van der Waals surface area contributed by atoms with Crippen molar-refractivity contribution < 1.29 is 9.72 Å². The molecule has 0 unspecified atom stereocenters. The number of thioether (sulfide) groups is 1. The van der Waals surface area contributed by atoms with Crippen LogP contribution in [0.1, 0.15) is 5.69 Å². The summed E-state index contributed by atoms with van der Waals surface area (Å²) < 4.78 is 2.19. The van der Waals surface area contributed by atoms with Gasteiger partial charge in [-0.15, -0.1) is 0 Å². The van der Waals surface area contributed by atoms with Crippen molar-refractivity contribution in [3.63, 3.8) is 0 Å². The molecule has 144 valence electrons. The number of hydrogen-bond acceptors (Lipinski definition) is 5. The number of aromatic nitrogens is 1. The molecule has 0 bridgehead atoms. The number of halogens is 1. The number of nitro groups is 1. The molecule has 1 amide bonds. The second-order valence-electron chi connectivity index (χ2n) is 6.08. The van der Waals surface area contributed by atoms with E-state index in [1.807, 2.05) is 12.1 Å². The zero-order chi connectivity index (χ0) is 20.5. The van der Waals surface area contributed by atoms with Crippen LogP contribution in [0.3, 0.4) is 0 Å². The van der Waals surface area contributed by atoms with Crippen LogP contribution < -0.4 is 4.90 Å². The van der Waals surface area contributed by atoms with Crippen LogP contribution in [-0.4, -0.2) is 19.7 Å². The third-order valence-electron chi connectivity index (χ3n) is 4.24. The first kappa shape index (κ1) is 19.4. The van der Waals surface area contributed by atoms with E-state index in [2.05, 4.69) is 0 Å². The Bertz CT molecular complexity index is 1190. The van der Waals surface area contributed by atoms with Crippen molar-refractivity contribution >= 4 is 63.3 Å². The standard InChI is InChI=1S/C20H12ClN3O3S2/c21-13-4-1-6-16(10-13)23-19(25)18(29-20(23)28)12-15-8-3-9-22(15)14-5-2-7-17(11-14)24(26)27/h1-12H. The fourth-order valence-corrected chi connectivity index (χ4v) is 4.41. The monoisotopic (exact) mass is 441 g/mol. The van der Waals surface area contributed by atoms with Crippen LogP contribution in [0.4, 0.5) is 11.4 Å². The smallest absolute Gasteiger partial charge is 0.271 e. The summed E-state index contributed by atoms with van der Waals surface area (Å²) in [7, 11) is 0. The predicted molar refractivity (Wildman–Crippen MR) is 120 cm³/mol. The third-order valence-corrected chi connectivity index (χ3v) is 5.78. The lowest BCUT2D eigenvalue weighted by molar-refractivity contribution is -0.384. The minimum atomic E-state index is -0.442. The highest BCUT2D eigenvalue weighted by atomic mass is 35.5. The quantitative estimate of drug-likeness (QED) is 0.233. The Balaban J connectivity index is 1.69. The summed E-state index contributed by atoms with van der Waals surface area (Å²) in [5, 5.41) is 11.6. The Morgan fingerprint density at radius 2 is 1.83 bits per heavy atom. The van der Waals surface area contributed by atoms with Crippen molar-refractivity contribution in [1.82, 2.24) is 4.57 Å². The van der Waals surface area contributed by atoms with Gasteiger partial charge in [-0.3, -0.25) is 19.8 Å². The Morgan fingerprint density at radius 1 is 1.07 bits per heavy atom. The van der Waals surface area contributed by atoms with Gasteiger partial charge in [-0.25, -0.2) is 0 Å². The van der Waals surface area contributed by atoms with Gasteiger partial charge in [0.2, 0.25) is 0 Å². The van der Waals surface area contributed by atoms with E-state index in [0.29, 0.717) is 31.3 Å². The number of carbonyl (C=O) groups is 1. The summed E-state index contributed by atoms with van der Waals surface area (Å²) in [4.78, 5) is 25.5. The number of nitro benzene ring substituents is 1. The molecule has 3 aromatic rings. The largest absolute Gasteiger partial charge is 0.317 e. The molecule has 0 spiro atoms. The normalized spacial score (nSPS) is 15.3. The average Bonchev–Trinajstić information content (AvgIpc) is 3.26. The lowest BCUT2D eigenvalue weighted by Crippen LogP contribution is -2.27. The predicted octanol–water partition coefficient (Wildman–Crippen LogP) is 5.44. The summed E-state index contributed by atoms with van der Waals surface area (Å²) in [6.45, 7) is 0. The lowest BCUT2D eigenvalue weighted by atomic mass is 10.2. The molecule has 0 atom stereocenters. The SMILES string of the molecule is O=C1C(=Cc2cccn2-c2cccc([N+](=O)[O-])c2)SC(=S)N1c1cccc(Cl)c1. The van der Waals surface area contributed by atoms with E-state index in [4.69, 9.17) is 23.8 Å². The topological polar surface area (TPSA) is 68.4 Å². The molecule has 0 aliphatic carbocycles. The first-order valence-electron chi connectivity index (χ1n) is 8.40. The summed E-state index contributed by atoms with van der Waals surface area (Å²) in [6, 6.07) is 16.9. The number of benzene rings is 2. The van der Waals surface area contributed by atoms with Gasteiger partial charge in [0.15, 0.2) is 4.32 Å². The Hall–Kier alpha value is -2.94. The van der Waals surface area contributed by atoms with Crippen LogP contribution in [0.2, 0.25) is 5.02 Å². The second kappa shape index (κ2) is 7.82. The molecule has 1 aliphatic rings. The zero-order valence-corrected chi connectivity index (χ0v) is 17.1. The summed E-state index contributed by atoms with van der Waals surface area (Å²) in [6.07, 6.45) is 3.51. The Morgan fingerprint density at radius 3 is 2.59 bits per heavy atom. The van der Waals surface area contributed by atoms with Gasteiger partial charge in [0.05, 0.1) is 21.2 Å². The van der Waals surface area contributed by atoms with Crippen molar-refractivity contribution in [2.75, 3.05) is 4.90 Å². The molecule has 1 fully saturated rings. The highest BCUT2D eigenvalue weighted by Crippen LogP contribution is 2.37. The number of nitrogens with zero attached hydrogens (tertiary/aromatic N) is 3. The molecule has 9 heteroatoms. The number of non-ortho nitro benzene ring substituents is 1. The molecular weight excluding hydrogens is 430 g/mol. The van der Waals surface area contributed by atoms with E-state index in [1.54, 1.807) is 53.2 Å². The molecule has 1 aliphatic heterocycles. The molecule has 0 saturated carbocycles. The molecule has 6 nitrogen and oxygen atoms in total. The Labute approximate surface area is 180 Å². The van der Waals surface area contributed by atoms with Crippen molar-refractivity contribution in [2.24, 2.45) is 0 Å². The van der Waals surface area contributed by atoms with E-state index in [9.17, 15) is 14.9 Å². The molecule has 2 aromatic carbocycles. The van der Waals surface area contributed by atoms with E-state index < -0.39 is 4.92 Å². The molecule has 2 heterocycles. The first-order chi connectivity index (χ1) is 13.9. The zero-order valence-electron chi connectivity index (χ0n) is 14.7. The summed E-state index contributed by atoms with van der Waals surface area (Å²) in [5.41, 5.74) is 1.93. The highest BCUT2D eigenvalue weighted by molar-refractivity contribution is 8.27. The van der Waals surface area contributed by atoms with Crippen molar-refractivity contribution in [3.05, 3.63) is 92.6 Å². The second-order valence-corrected chi connectivity index (χ2v) is 8.19. The van der Waals surface area contributed by atoms with Gasteiger partial charge >= 0.3 is 0 Å². The molecular formula is C20H12ClN3O3S2. The molecule has 4 rings (SSSR count). The number of hydrogen-bond donors (Lipinski definition) is 0. The van der Waals surface area contributed by atoms with Gasteiger partial charge < -0.3 is 4.57 Å². The van der Waals surface area contributed by atoms with E-state index in [1.165, 1.54) is 28.8 Å². The highest BCUT2D eigenvalue weighted by Gasteiger charge is 2.33. The van der Waals surface area contributed by atoms with Gasteiger partial charge in [0.1, 0.15) is 0 Å². The van der Waals surface area contributed by atoms with Crippen LogP contribution in [0, 0.1) is 10.1 Å². The average molecular weight is 442 g/mol. The van der Waals surface area contributed by atoms with Gasteiger partial charge in [0.25, 0.3) is 11.6 Å². The molecule has 1 aromatic heterocycles. The molecule has 1 saturated heterocycles. The van der Waals surface area contributed by atoms with Crippen molar-refractivity contribution in [3.8, 4) is 5.69 Å². The number of amides is 1. The van der Waals surface area contributed by atoms with Crippen LogP contribution in [-0.2, 0) is 4.79 Å². The van der Waals surface area contributed by atoms with E-state index in [0.717, 1.165) is 0 Å². The van der Waals surface area contributed by atoms with Gasteiger partial charge in [-0.05, 0) is 42.5 Å². The van der Waals surface area contributed by atoms with E-state index >= 15 is 0 Å². The Kier molecular flexibility index (Phi) is 5.23. The minimum absolute atomic E-state index is 0.00516. The van der Waals surface area contributed by atoms with Crippen LogP contribution in [0.25, 0.3) is 11.8 Å². The van der Waals surface area contributed by atoms with Crippen LogP contribution in [0.15, 0.2) is 71.8 Å². The first-order valence-corrected chi connectivity index (χ1v) is 10.00. The van der Waals surface area contributed by atoms with Crippen molar-refractivity contribution in [1.29, 1.82) is 0 Å². The minimum Gasteiger partial charge on any atom is -0.317 e. The summed E-state index contributed by atoms with van der Waals surface area (Å²) in [5.74, 6) is -0.242. The maximum absolute atomic E-state index is 13.0. The third kappa shape index (κ3) is 3.82. The number of anilines is 1. The van der Waals surface area contributed by atoms with Crippen LogP contribution in [0.5, 0.6) is 0 Å². The maximum Gasteiger partial charge on any atom is 0.271 e. The number of thiocarbonyl (C=S) groups is 1. The number of rotatable bonds is 4. The lowest BCUT2D eigenvalue weighted by Gasteiger charge is -2.14. The van der Waals surface area contributed by atoms with Crippen LogP contribution >= 0.6 is 35.6 Å².